The Bertz CT molecular complexity index is 868. The molecule has 4 aromatic rings. The molecule has 0 radical (unpaired) electrons. The maximum Gasteiger partial charge on any atom is 0.0478 e. The zero-order valence-corrected chi connectivity index (χ0v) is 12.9. The van der Waals surface area contributed by atoms with Crippen LogP contribution in [-0.4, -0.2) is 9.13 Å². The molecular weight excluding hydrogens is 276 g/mol. The van der Waals surface area contributed by atoms with Gasteiger partial charge < -0.3 is 9.13 Å². The Morgan fingerprint density at radius 2 is 1.14 bits per heavy atom. The molecule has 104 valence electrons. The van der Waals surface area contributed by atoms with Crippen LogP contribution in [0.1, 0.15) is 0 Å². The smallest absolute Gasteiger partial charge is 0.0478 e. The van der Waals surface area contributed by atoms with Crippen LogP contribution in [-0.2, 0) is 14.1 Å². The van der Waals surface area contributed by atoms with Crippen molar-refractivity contribution >= 4 is 33.6 Å². The van der Waals surface area contributed by atoms with Crippen molar-refractivity contribution in [2.45, 2.75) is 9.79 Å². The van der Waals surface area contributed by atoms with E-state index in [0.29, 0.717) is 0 Å². The Hall–Kier alpha value is -2.13. The molecule has 0 unspecified atom stereocenters. The first-order chi connectivity index (χ1) is 10.2. The van der Waals surface area contributed by atoms with Crippen molar-refractivity contribution in [3.63, 3.8) is 0 Å². The fourth-order valence-electron chi connectivity index (χ4n) is 2.78. The van der Waals surface area contributed by atoms with Crippen molar-refractivity contribution < 1.29 is 0 Å². The highest BCUT2D eigenvalue weighted by atomic mass is 32.2. The van der Waals surface area contributed by atoms with E-state index >= 15 is 0 Å². The molecule has 21 heavy (non-hydrogen) atoms. The third-order valence-corrected chi connectivity index (χ3v) is 4.93. The van der Waals surface area contributed by atoms with Crippen molar-refractivity contribution in [2.24, 2.45) is 14.1 Å². The van der Waals surface area contributed by atoms with E-state index < -0.39 is 0 Å². The number of nitrogens with zero attached hydrogens (tertiary/aromatic N) is 2. The lowest BCUT2D eigenvalue weighted by atomic mass is 10.2. The minimum Gasteiger partial charge on any atom is -0.351 e. The van der Waals surface area contributed by atoms with Crippen LogP contribution in [0.15, 0.2) is 70.7 Å². The molecule has 4 rings (SSSR count). The van der Waals surface area contributed by atoms with Gasteiger partial charge in [0, 0.05) is 58.1 Å². The van der Waals surface area contributed by atoms with Gasteiger partial charge in [0.1, 0.15) is 0 Å². The van der Waals surface area contributed by atoms with E-state index in [1.54, 1.807) is 0 Å². The van der Waals surface area contributed by atoms with Crippen LogP contribution < -0.4 is 0 Å². The van der Waals surface area contributed by atoms with Gasteiger partial charge >= 0.3 is 0 Å². The summed E-state index contributed by atoms with van der Waals surface area (Å²) < 4.78 is 4.31. The number of benzene rings is 2. The van der Waals surface area contributed by atoms with Gasteiger partial charge in [-0.25, -0.2) is 0 Å². The summed E-state index contributed by atoms with van der Waals surface area (Å²) in [6.07, 6.45) is 4.21. The van der Waals surface area contributed by atoms with Crippen molar-refractivity contribution in [3.05, 3.63) is 60.9 Å². The minimum absolute atomic E-state index is 1.28. The SMILES string of the molecule is Cn1ccc2cc(Sc3ccc4c(ccn4C)c3)ccc21. The van der Waals surface area contributed by atoms with Crippen molar-refractivity contribution in [3.8, 4) is 0 Å². The molecule has 0 bridgehead atoms. The minimum atomic E-state index is 1.28. The lowest BCUT2D eigenvalue weighted by Crippen LogP contribution is -1.84. The first-order valence-electron chi connectivity index (χ1n) is 6.99. The molecule has 2 heterocycles. The summed E-state index contributed by atoms with van der Waals surface area (Å²) >= 11 is 1.82. The monoisotopic (exact) mass is 292 g/mol. The predicted molar refractivity (Wildman–Crippen MR) is 90.0 cm³/mol. The van der Waals surface area contributed by atoms with Gasteiger partial charge in [-0.1, -0.05) is 11.8 Å². The van der Waals surface area contributed by atoms with Gasteiger partial charge in [-0.15, -0.1) is 0 Å². The summed E-state index contributed by atoms with van der Waals surface area (Å²) in [5.41, 5.74) is 2.55. The molecule has 2 aromatic carbocycles. The highest BCUT2D eigenvalue weighted by Gasteiger charge is 2.04. The van der Waals surface area contributed by atoms with E-state index in [4.69, 9.17) is 0 Å². The third kappa shape index (κ3) is 2.14. The summed E-state index contributed by atoms with van der Waals surface area (Å²) in [6, 6.07) is 17.6. The molecule has 2 nitrogen and oxygen atoms in total. The summed E-state index contributed by atoms with van der Waals surface area (Å²) in [5, 5.41) is 2.59. The summed E-state index contributed by atoms with van der Waals surface area (Å²) in [5.74, 6) is 0. The van der Waals surface area contributed by atoms with Crippen LogP contribution >= 0.6 is 11.8 Å². The van der Waals surface area contributed by atoms with Gasteiger partial charge in [0.05, 0.1) is 0 Å². The van der Waals surface area contributed by atoms with Crippen LogP contribution in [0.2, 0.25) is 0 Å². The van der Waals surface area contributed by atoms with Gasteiger partial charge in [-0.2, -0.15) is 0 Å². The average molecular weight is 292 g/mol. The molecule has 0 amide bonds. The highest BCUT2D eigenvalue weighted by Crippen LogP contribution is 2.32. The predicted octanol–water partition coefficient (Wildman–Crippen LogP) is 4.82. The molecule has 0 atom stereocenters. The number of rotatable bonds is 2. The second-order valence-corrected chi connectivity index (χ2v) is 6.54. The normalized spacial score (nSPS) is 11.5. The molecule has 0 spiro atoms. The second kappa shape index (κ2) is 4.71. The van der Waals surface area contributed by atoms with Crippen LogP contribution in [0.3, 0.4) is 0 Å². The van der Waals surface area contributed by atoms with Crippen LogP contribution in [0.4, 0.5) is 0 Å². The van der Waals surface area contributed by atoms with E-state index in [1.165, 1.54) is 31.6 Å². The number of fused-ring (bicyclic) bond motifs is 2. The number of aromatic nitrogens is 2. The molecular formula is C18H16N2S. The van der Waals surface area contributed by atoms with Crippen molar-refractivity contribution in [1.29, 1.82) is 0 Å². The third-order valence-electron chi connectivity index (χ3n) is 3.95. The van der Waals surface area contributed by atoms with E-state index in [1.807, 2.05) is 11.8 Å². The maximum atomic E-state index is 2.26. The van der Waals surface area contributed by atoms with Crippen LogP contribution in [0, 0.1) is 0 Å². The Labute approximate surface area is 128 Å². The topological polar surface area (TPSA) is 9.86 Å². The summed E-state index contributed by atoms with van der Waals surface area (Å²) in [4.78, 5) is 2.56. The van der Waals surface area contributed by atoms with E-state index in [9.17, 15) is 0 Å². The zero-order valence-electron chi connectivity index (χ0n) is 12.1. The van der Waals surface area contributed by atoms with Gasteiger partial charge in [0.15, 0.2) is 0 Å². The largest absolute Gasteiger partial charge is 0.351 e. The first kappa shape index (κ1) is 12.6. The van der Waals surface area contributed by atoms with Crippen LogP contribution in [0.25, 0.3) is 21.8 Å². The molecule has 0 saturated carbocycles. The second-order valence-electron chi connectivity index (χ2n) is 5.40. The average Bonchev–Trinajstić information content (AvgIpc) is 3.03. The quantitative estimate of drug-likeness (QED) is 0.515. The Morgan fingerprint density at radius 3 is 1.62 bits per heavy atom. The van der Waals surface area contributed by atoms with Crippen LogP contribution in [0.5, 0.6) is 0 Å². The number of hydrogen-bond donors (Lipinski definition) is 0. The van der Waals surface area contributed by atoms with E-state index in [2.05, 4.69) is 84.2 Å². The fraction of sp³-hybridized carbons (Fsp3) is 0.111. The molecule has 0 N–H and O–H groups in total. The van der Waals surface area contributed by atoms with Gasteiger partial charge in [0.2, 0.25) is 0 Å². The number of aryl methyl sites for hydroxylation is 2. The summed E-state index contributed by atoms with van der Waals surface area (Å²) in [7, 11) is 4.16. The van der Waals surface area contributed by atoms with Crippen molar-refractivity contribution in [2.75, 3.05) is 0 Å². The molecule has 3 heteroatoms. The number of hydrogen-bond acceptors (Lipinski definition) is 1. The lowest BCUT2D eigenvalue weighted by Gasteiger charge is -2.04. The van der Waals surface area contributed by atoms with E-state index in [0.717, 1.165) is 0 Å². The molecule has 0 aliphatic carbocycles. The standard InChI is InChI=1S/C18H16N2S/c1-19-9-7-13-11-15(3-5-17(13)19)21-16-4-6-18-14(12-16)8-10-20(18)2/h3-12H,1-2H3. The van der Waals surface area contributed by atoms with E-state index in [-0.39, 0.29) is 0 Å². The van der Waals surface area contributed by atoms with Gasteiger partial charge in [-0.05, 0) is 48.5 Å². The Balaban J connectivity index is 1.71. The molecule has 0 fully saturated rings. The highest BCUT2D eigenvalue weighted by molar-refractivity contribution is 7.99. The molecule has 2 aromatic heterocycles. The first-order valence-corrected chi connectivity index (χ1v) is 7.80. The fourth-order valence-corrected chi connectivity index (χ4v) is 3.70. The van der Waals surface area contributed by atoms with Gasteiger partial charge in [-0.3, -0.25) is 0 Å². The molecule has 0 aliphatic heterocycles. The Kier molecular flexibility index (Phi) is 2.82. The van der Waals surface area contributed by atoms with Gasteiger partial charge in [0.25, 0.3) is 0 Å². The van der Waals surface area contributed by atoms with Crippen molar-refractivity contribution in [1.82, 2.24) is 9.13 Å². The molecule has 0 aliphatic rings. The maximum absolute atomic E-state index is 2.26. The Morgan fingerprint density at radius 1 is 0.667 bits per heavy atom. The lowest BCUT2D eigenvalue weighted by molar-refractivity contribution is 0.968. The molecule has 0 saturated heterocycles. The summed E-state index contributed by atoms with van der Waals surface area (Å²) in [6.45, 7) is 0. The zero-order chi connectivity index (χ0) is 14.4.